The van der Waals surface area contributed by atoms with Crippen LogP contribution in [0.15, 0.2) is 54.6 Å². The number of amides is 2. The molecule has 0 saturated carbocycles. The summed E-state index contributed by atoms with van der Waals surface area (Å²) < 4.78 is 0. The van der Waals surface area contributed by atoms with Gasteiger partial charge in [-0.25, -0.2) is 4.79 Å². The van der Waals surface area contributed by atoms with Gasteiger partial charge in [-0.2, -0.15) is 0 Å². The number of nitrogens with one attached hydrogen (secondary N) is 2. The summed E-state index contributed by atoms with van der Waals surface area (Å²) in [5.74, 6) is 0.00520. The van der Waals surface area contributed by atoms with Crippen molar-refractivity contribution in [2.75, 3.05) is 11.9 Å². The molecule has 120 valence electrons. The highest BCUT2D eigenvalue weighted by Gasteiger charge is 2.21. The SMILES string of the molecule is CC(=O)c1ccc(NC(=O)NCC(C)(C)c2ccccc2)cc1. The summed E-state index contributed by atoms with van der Waals surface area (Å²) in [7, 11) is 0. The van der Waals surface area contributed by atoms with Gasteiger partial charge in [0.15, 0.2) is 5.78 Å². The van der Waals surface area contributed by atoms with Crippen molar-refractivity contribution in [1.82, 2.24) is 5.32 Å². The number of urea groups is 1. The molecule has 0 spiro atoms. The molecule has 0 aromatic heterocycles. The minimum absolute atomic E-state index is 0.00520. The lowest BCUT2D eigenvalue weighted by Crippen LogP contribution is -2.38. The van der Waals surface area contributed by atoms with Gasteiger partial charge in [0, 0.05) is 23.2 Å². The second kappa shape index (κ2) is 7.09. The Hall–Kier alpha value is -2.62. The molecule has 0 atom stereocenters. The van der Waals surface area contributed by atoms with Gasteiger partial charge in [-0.05, 0) is 36.8 Å². The van der Waals surface area contributed by atoms with E-state index in [9.17, 15) is 9.59 Å². The van der Waals surface area contributed by atoms with E-state index in [2.05, 4.69) is 36.6 Å². The van der Waals surface area contributed by atoms with Gasteiger partial charge >= 0.3 is 6.03 Å². The number of anilines is 1. The first kappa shape index (κ1) is 16.7. The molecule has 2 aromatic carbocycles. The minimum atomic E-state index is -0.260. The molecular formula is C19H22N2O2. The molecule has 0 aliphatic carbocycles. The average Bonchev–Trinajstić information content (AvgIpc) is 2.54. The summed E-state index contributed by atoms with van der Waals surface area (Å²) in [5, 5.41) is 5.66. The van der Waals surface area contributed by atoms with Crippen LogP contribution in [-0.4, -0.2) is 18.4 Å². The lowest BCUT2D eigenvalue weighted by Gasteiger charge is -2.25. The first-order valence-corrected chi connectivity index (χ1v) is 7.60. The van der Waals surface area contributed by atoms with Gasteiger partial charge < -0.3 is 10.6 Å². The van der Waals surface area contributed by atoms with Crippen molar-refractivity contribution in [3.05, 3.63) is 65.7 Å². The third-order valence-corrected chi connectivity index (χ3v) is 3.80. The van der Waals surface area contributed by atoms with Crippen LogP contribution in [0.4, 0.5) is 10.5 Å². The third kappa shape index (κ3) is 4.68. The highest BCUT2D eigenvalue weighted by molar-refractivity contribution is 5.95. The van der Waals surface area contributed by atoms with Crippen LogP contribution in [0.3, 0.4) is 0 Å². The second-order valence-corrected chi connectivity index (χ2v) is 6.19. The van der Waals surface area contributed by atoms with Gasteiger partial charge in [-0.3, -0.25) is 4.79 Å². The van der Waals surface area contributed by atoms with Crippen molar-refractivity contribution in [2.24, 2.45) is 0 Å². The van der Waals surface area contributed by atoms with Gasteiger partial charge in [-0.15, -0.1) is 0 Å². The van der Waals surface area contributed by atoms with Crippen LogP contribution in [0.2, 0.25) is 0 Å². The molecule has 0 aliphatic heterocycles. The van der Waals surface area contributed by atoms with E-state index in [1.54, 1.807) is 24.3 Å². The largest absolute Gasteiger partial charge is 0.337 e. The molecule has 4 nitrogen and oxygen atoms in total. The summed E-state index contributed by atoms with van der Waals surface area (Å²) in [6.45, 7) is 6.21. The normalized spacial score (nSPS) is 10.9. The Morgan fingerprint density at radius 3 is 2.13 bits per heavy atom. The quantitative estimate of drug-likeness (QED) is 0.820. The van der Waals surface area contributed by atoms with Crippen LogP contribution in [0, 0.1) is 0 Å². The smallest absolute Gasteiger partial charge is 0.319 e. The van der Waals surface area contributed by atoms with Gasteiger partial charge in [0.1, 0.15) is 0 Å². The van der Waals surface area contributed by atoms with E-state index in [0.717, 1.165) is 0 Å². The highest BCUT2D eigenvalue weighted by Crippen LogP contribution is 2.21. The Labute approximate surface area is 136 Å². The van der Waals surface area contributed by atoms with Crippen molar-refractivity contribution in [1.29, 1.82) is 0 Å². The fourth-order valence-corrected chi connectivity index (χ4v) is 2.26. The lowest BCUT2D eigenvalue weighted by atomic mass is 9.85. The molecule has 0 aliphatic rings. The minimum Gasteiger partial charge on any atom is -0.337 e. The molecule has 4 heteroatoms. The number of rotatable bonds is 5. The maximum Gasteiger partial charge on any atom is 0.319 e. The van der Waals surface area contributed by atoms with E-state index < -0.39 is 0 Å². The Morgan fingerprint density at radius 2 is 1.57 bits per heavy atom. The summed E-state index contributed by atoms with van der Waals surface area (Å²) in [6.07, 6.45) is 0. The van der Waals surface area contributed by atoms with E-state index in [1.807, 2.05) is 18.2 Å². The van der Waals surface area contributed by atoms with Crippen molar-refractivity contribution >= 4 is 17.5 Å². The summed E-state index contributed by atoms with van der Waals surface area (Å²) in [5.41, 5.74) is 2.30. The van der Waals surface area contributed by atoms with Crippen molar-refractivity contribution < 1.29 is 9.59 Å². The van der Waals surface area contributed by atoms with Crippen LogP contribution < -0.4 is 10.6 Å². The molecule has 0 heterocycles. The van der Waals surface area contributed by atoms with Gasteiger partial charge in [0.25, 0.3) is 0 Å². The number of Topliss-reactive ketones (excluding diaryl/α,β-unsaturated/α-hetero) is 1. The molecule has 0 saturated heterocycles. The first-order valence-electron chi connectivity index (χ1n) is 7.60. The predicted molar refractivity (Wildman–Crippen MR) is 92.9 cm³/mol. The highest BCUT2D eigenvalue weighted by atomic mass is 16.2. The summed E-state index contributed by atoms with van der Waals surface area (Å²) >= 11 is 0. The zero-order chi connectivity index (χ0) is 16.9. The fraction of sp³-hybridized carbons (Fsp3) is 0.263. The monoisotopic (exact) mass is 310 g/mol. The molecule has 0 radical (unpaired) electrons. The first-order chi connectivity index (χ1) is 10.9. The fourth-order valence-electron chi connectivity index (χ4n) is 2.26. The second-order valence-electron chi connectivity index (χ2n) is 6.19. The Balaban J connectivity index is 1.91. The summed E-state index contributed by atoms with van der Waals surface area (Å²) in [6, 6.07) is 16.7. The molecule has 2 aromatic rings. The molecular weight excluding hydrogens is 288 g/mol. The molecule has 2 rings (SSSR count). The van der Waals surface area contributed by atoms with Crippen LogP contribution in [0.5, 0.6) is 0 Å². The van der Waals surface area contributed by atoms with E-state index in [1.165, 1.54) is 12.5 Å². The maximum absolute atomic E-state index is 12.0. The van der Waals surface area contributed by atoms with Crippen LogP contribution in [0.25, 0.3) is 0 Å². The molecule has 23 heavy (non-hydrogen) atoms. The van der Waals surface area contributed by atoms with Gasteiger partial charge in [-0.1, -0.05) is 44.2 Å². The number of benzene rings is 2. The zero-order valence-corrected chi connectivity index (χ0v) is 13.7. The Bertz CT molecular complexity index is 676. The lowest BCUT2D eigenvalue weighted by molar-refractivity contribution is 0.101. The van der Waals surface area contributed by atoms with E-state index in [4.69, 9.17) is 0 Å². The topological polar surface area (TPSA) is 58.2 Å². The number of hydrogen-bond donors (Lipinski definition) is 2. The van der Waals surface area contributed by atoms with Gasteiger partial charge in [0.05, 0.1) is 0 Å². The number of ketones is 1. The number of carbonyl (C=O) groups is 2. The van der Waals surface area contributed by atoms with E-state index >= 15 is 0 Å². The maximum atomic E-state index is 12.0. The average molecular weight is 310 g/mol. The standard InChI is InChI=1S/C19H22N2O2/c1-14(22)15-9-11-17(12-10-15)21-18(23)20-13-19(2,3)16-7-5-4-6-8-16/h4-12H,13H2,1-3H3,(H2,20,21,23). The van der Waals surface area contributed by atoms with Crippen LogP contribution in [-0.2, 0) is 5.41 Å². The third-order valence-electron chi connectivity index (χ3n) is 3.80. The molecule has 0 unspecified atom stereocenters. The molecule has 2 amide bonds. The molecule has 2 N–H and O–H groups in total. The van der Waals surface area contributed by atoms with Crippen molar-refractivity contribution in [2.45, 2.75) is 26.2 Å². The van der Waals surface area contributed by atoms with Crippen molar-refractivity contribution in [3.8, 4) is 0 Å². The zero-order valence-electron chi connectivity index (χ0n) is 13.7. The Morgan fingerprint density at radius 1 is 0.957 bits per heavy atom. The van der Waals surface area contributed by atoms with Gasteiger partial charge in [0.2, 0.25) is 0 Å². The van der Waals surface area contributed by atoms with E-state index in [-0.39, 0.29) is 17.2 Å². The summed E-state index contributed by atoms with van der Waals surface area (Å²) in [4.78, 5) is 23.2. The Kier molecular flexibility index (Phi) is 5.16. The van der Waals surface area contributed by atoms with E-state index in [0.29, 0.717) is 17.8 Å². The number of carbonyl (C=O) groups excluding carboxylic acids is 2. The van der Waals surface area contributed by atoms with Crippen LogP contribution in [0.1, 0.15) is 36.7 Å². The van der Waals surface area contributed by atoms with Crippen LogP contribution >= 0.6 is 0 Å². The molecule has 0 fully saturated rings. The number of hydrogen-bond acceptors (Lipinski definition) is 2. The molecule has 0 bridgehead atoms. The van der Waals surface area contributed by atoms with Crippen molar-refractivity contribution in [3.63, 3.8) is 0 Å². The predicted octanol–water partition coefficient (Wildman–Crippen LogP) is 3.99.